The van der Waals surface area contributed by atoms with Crippen molar-refractivity contribution in [3.63, 3.8) is 0 Å². The monoisotopic (exact) mass is 339 g/mol. The molecule has 0 aromatic heterocycles. The lowest BCUT2D eigenvalue weighted by Gasteiger charge is -2.39. The molecule has 1 aliphatic heterocycles. The van der Waals surface area contributed by atoms with Gasteiger partial charge in [0.15, 0.2) is 0 Å². The summed E-state index contributed by atoms with van der Waals surface area (Å²) in [5.41, 5.74) is -0.762. The minimum atomic E-state index is -3.60. The van der Waals surface area contributed by atoms with Gasteiger partial charge in [0.2, 0.25) is 10.0 Å². The summed E-state index contributed by atoms with van der Waals surface area (Å²) in [6, 6.07) is 0. The van der Waals surface area contributed by atoms with E-state index in [9.17, 15) is 21.9 Å². The zero-order valence-electron chi connectivity index (χ0n) is 12.4. The van der Waals surface area contributed by atoms with Gasteiger partial charge in [-0.3, -0.25) is 0 Å². The molecule has 2 fully saturated rings. The van der Waals surface area contributed by atoms with E-state index in [0.717, 1.165) is 12.8 Å². The SMILES string of the molecule is CC1CCC(CO)(NS(=O)(=O)C2CCS(=O)(=O)CC2)CC1. The number of sulfonamides is 1. The number of hydrogen-bond acceptors (Lipinski definition) is 5. The Morgan fingerprint density at radius 3 is 2.14 bits per heavy atom. The summed E-state index contributed by atoms with van der Waals surface area (Å²) in [5.74, 6) is 0.415. The molecule has 2 rings (SSSR count). The van der Waals surface area contributed by atoms with E-state index in [-0.39, 0.29) is 31.0 Å². The standard InChI is InChI=1S/C13H25NO5S2/c1-11-2-6-13(10-15,7-3-11)14-21(18,19)12-4-8-20(16,17)9-5-12/h11-12,14-15H,2-10H2,1H3. The Labute approximate surface area is 127 Å². The van der Waals surface area contributed by atoms with Crippen LogP contribution in [0.4, 0.5) is 0 Å². The second-order valence-electron chi connectivity index (χ2n) is 6.62. The van der Waals surface area contributed by atoms with Crippen molar-refractivity contribution < 1.29 is 21.9 Å². The molecule has 0 aromatic rings. The molecular formula is C13H25NO5S2. The first-order chi connectivity index (χ1) is 9.68. The van der Waals surface area contributed by atoms with E-state index in [4.69, 9.17) is 0 Å². The van der Waals surface area contributed by atoms with Crippen LogP contribution in [0.3, 0.4) is 0 Å². The number of hydrogen-bond donors (Lipinski definition) is 2. The Balaban J connectivity index is 2.06. The molecule has 0 amide bonds. The third kappa shape index (κ3) is 4.18. The largest absolute Gasteiger partial charge is 0.394 e. The lowest BCUT2D eigenvalue weighted by atomic mass is 9.78. The van der Waals surface area contributed by atoms with Gasteiger partial charge in [-0.25, -0.2) is 21.6 Å². The van der Waals surface area contributed by atoms with E-state index < -0.39 is 30.6 Å². The van der Waals surface area contributed by atoms with Gasteiger partial charge in [0.1, 0.15) is 9.84 Å². The van der Waals surface area contributed by atoms with Gasteiger partial charge in [-0.1, -0.05) is 6.92 Å². The van der Waals surface area contributed by atoms with Gasteiger partial charge in [0.25, 0.3) is 0 Å². The molecule has 8 heteroatoms. The fraction of sp³-hybridized carbons (Fsp3) is 1.00. The van der Waals surface area contributed by atoms with Crippen LogP contribution in [0.25, 0.3) is 0 Å². The molecule has 0 unspecified atom stereocenters. The highest BCUT2D eigenvalue weighted by molar-refractivity contribution is 7.92. The summed E-state index contributed by atoms with van der Waals surface area (Å²) in [5, 5.41) is 8.99. The van der Waals surface area contributed by atoms with Crippen molar-refractivity contribution in [1.82, 2.24) is 4.72 Å². The first-order valence-electron chi connectivity index (χ1n) is 7.52. The normalized spacial score (nSPS) is 34.7. The van der Waals surface area contributed by atoms with Crippen molar-refractivity contribution in [2.75, 3.05) is 18.1 Å². The average Bonchev–Trinajstić information content (AvgIpc) is 2.41. The van der Waals surface area contributed by atoms with Crippen molar-refractivity contribution in [2.24, 2.45) is 5.92 Å². The molecule has 0 aromatic carbocycles. The lowest BCUT2D eigenvalue weighted by Crippen LogP contribution is -2.56. The topological polar surface area (TPSA) is 101 Å². The third-order valence-electron chi connectivity index (χ3n) is 4.83. The molecule has 6 nitrogen and oxygen atoms in total. The number of rotatable bonds is 4. The van der Waals surface area contributed by atoms with Crippen LogP contribution in [-0.4, -0.2) is 50.8 Å². The predicted octanol–water partition coefficient (Wildman–Crippen LogP) is 0.424. The van der Waals surface area contributed by atoms with Crippen molar-refractivity contribution in [1.29, 1.82) is 0 Å². The van der Waals surface area contributed by atoms with Crippen molar-refractivity contribution in [2.45, 2.75) is 56.2 Å². The maximum atomic E-state index is 12.5. The van der Waals surface area contributed by atoms with Gasteiger partial charge in [-0.2, -0.15) is 0 Å². The molecule has 0 atom stereocenters. The Kier molecular flexibility index (Phi) is 5.02. The van der Waals surface area contributed by atoms with Crippen molar-refractivity contribution >= 4 is 19.9 Å². The molecule has 21 heavy (non-hydrogen) atoms. The number of aliphatic hydroxyl groups excluding tert-OH is 1. The zero-order valence-corrected chi connectivity index (χ0v) is 14.0. The first-order valence-corrected chi connectivity index (χ1v) is 10.9. The van der Waals surface area contributed by atoms with Gasteiger partial charge in [0.05, 0.1) is 28.9 Å². The van der Waals surface area contributed by atoms with E-state index in [1.807, 2.05) is 0 Å². The highest BCUT2D eigenvalue weighted by Crippen LogP contribution is 2.33. The van der Waals surface area contributed by atoms with Crippen LogP contribution in [0.1, 0.15) is 45.4 Å². The Hall–Kier alpha value is -0.180. The minimum absolute atomic E-state index is 0.0677. The van der Waals surface area contributed by atoms with Crippen LogP contribution in [0.15, 0.2) is 0 Å². The molecule has 2 N–H and O–H groups in total. The van der Waals surface area contributed by atoms with E-state index in [0.29, 0.717) is 18.8 Å². The molecule has 0 radical (unpaired) electrons. The number of aliphatic hydroxyl groups is 1. The fourth-order valence-electron chi connectivity index (χ4n) is 3.17. The molecule has 0 spiro atoms. The summed E-state index contributed by atoms with van der Waals surface area (Å²) in [6.45, 7) is 1.92. The first kappa shape index (κ1) is 17.2. The second-order valence-corrected chi connectivity index (χ2v) is 10.9. The quantitative estimate of drug-likeness (QED) is 0.773. The van der Waals surface area contributed by atoms with E-state index in [1.165, 1.54) is 0 Å². The Bertz CT molecular complexity index is 547. The highest BCUT2D eigenvalue weighted by Gasteiger charge is 2.41. The molecule has 1 saturated heterocycles. The van der Waals surface area contributed by atoms with E-state index in [1.54, 1.807) is 0 Å². The maximum absolute atomic E-state index is 12.5. The van der Waals surface area contributed by atoms with Gasteiger partial charge in [0, 0.05) is 0 Å². The van der Waals surface area contributed by atoms with Crippen molar-refractivity contribution in [3.8, 4) is 0 Å². The zero-order chi connectivity index (χ0) is 15.7. The molecule has 2 aliphatic rings. The maximum Gasteiger partial charge on any atom is 0.215 e. The summed E-state index contributed by atoms with van der Waals surface area (Å²) in [6.07, 6.45) is 3.35. The Morgan fingerprint density at radius 1 is 1.14 bits per heavy atom. The minimum Gasteiger partial charge on any atom is -0.394 e. The molecular weight excluding hydrogens is 314 g/mol. The predicted molar refractivity (Wildman–Crippen MR) is 81.2 cm³/mol. The number of nitrogens with one attached hydrogen (secondary N) is 1. The third-order valence-corrected chi connectivity index (χ3v) is 8.62. The van der Waals surface area contributed by atoms with E-state index in [2.05, 4.69) is 11.6 Å². The van der Waals surface area contributed by atoms with Crippen LogP contribution >= 0.6 is 0 Å². The van der Waals surface area contributed by atoms with E-state index >= 15 is 0 Å². The van der Waals surface area contributed by atoms with Crippen molar-refractivity contribution in [3.05, 3.63) is 0 Å². The smallest absolute Gasteiger partial charge is 0.215 e. The lowest BCUT2D eigenvalue weighted by molar-refractivity contribution is 0.125. The van der Waals surface area contributed by atoms with Gasteiger partial charge in [-0.15, -0.1) is 0 Å². The summed E-state index contributed by atoms with van der Waals surface area (Å²) in [4.78, 5) is 0. The van der Waals surface area contributed by atoms with Crippen LogP contribution < -0.4 is 4.72 Å². The summed E-state index contributed by atoms with van der Waals surface area (Å²) < 4.78 is 50.5. The van der Waals surface area contributed by atoms with Crippen LogP contribution in [0, 0.1) is 5.92 Å². The summed E-state index contributed by atoms with van der Waals surface area (Å²) >= 11 is 0. The molecule has 1 saturated carbocycles. The Morgan fingerprint density at radius 2 is 1.67 bits per heavy atom. The van der Waals surface area contributed by atoms with Gasteiger partial charge < -0.3 is 5.11 Å². The molecule has 1 aliphatic carbocycles. The van der Waals surface area contributed by atoms with Crippen LogP contribution in [-0.2, 0) is 19.9 Å². The van der Waals surface area contributed by atoms with Gasteiger partial charge in [-0.05, 0) is 44.4 Å². The summed E-state index contributed by atoms with van der Waals surface area (Å²) in [7, 11) is -6.67. The van der Waals surface area contributed by atoms with Gasteiger partial charge >= 0.3 is 0 Å². The molecule has 124 valence electrons. The number of sulfone groups is 1. The second kappa shape index (κ2) is 6.14. The van der Waals surface area contributed by atoms with Crippen LogP contribution in [0.2, 0.25) is 0 Å². The average molecular weight is 339 g/mol. The fourth-order valence-corrected chi connectivity index (χ4v) is 6.86. The highest BCUT2D eigenvalue weighted by atomic mass is 32.2. The van der Waals surface area contributed by atoms with Crippen LogP contribution in [0.5, 0.6) is 0 Å². The molecule has 1 heterocycles. The molecule has 0 bridgehead atoms.